The fraction of sp³-hybridized carbons (Fsp3) is 0.357. The van der Waals surface area contributed by atoms with Crippen molar-refractivity contribution in [3.05, 3.63) is 42.1 Å². The van der Waals surface area contributed by atoms with E-state index in [1.165, 1.54) is 5.56 Å². The van der Waals surface area contributed by atoms with Crippen LogP contribution in [0.4, 0.5) is 0 Å². The van der Waals surface area contributed by atoms with Gasteiger partial charge in [0.15, 0.2) is 0 Å². The molecular formula is C14H17NO. The molecule has 0 aliphatic heterocycles. The Morgan fingerprint density at radius 2 is 2.06 bits per heavy atom. The highest BCUT2D eigenvalue weighted by atomic mass is 16.3. The van der Waals surface area contributed by atoms with Gasteiger partial charge in [0.1, 0.15) is 0 Å². The Kier molecular flexibility index (Phi) is 2.92. The maximum Gasteiger partial charge on any atom is 0.0702 e. The molecule has 0 spiro atoms. The average Bonchev–Trinajstić information content (AvgIpc) is 2.28. The molecule has 0 amide bonds. The van der Waals surface area contributed by atoms with Crippen LogP contribution in [-0.4, -0.2) is 16.7 Å². The van der Waals surface area contributed by atoms with Gasteiger partial charge in [-0.05, 0) is 35.6 Å². The van der Waals surface area contributed by atoms with E-state index in [1.807, 2.05) is 12.1 Å². The lowest BCUT2D eigenvalue weighted by molar-refractivity contribution is 0.159. The van der Waals surface area contributed by atoms with E-state index < -0.39 is 0 Å². The van der Waals surface area contributed by atoms with Crippen molar-refractivity contribution in [3.63, 3.8) is 0 Å². The lowest BCUT2D eigenvalue weighted by Gasteiger charge is -2.21. The highest BCUT2D eigenvalue weighted by Crippen LogP contribution is 2.23. The van der Waals surface area contributed by atoms with Crippen LogP contribution in [0.2, 0.25) is 0 Å². The van der Waals surface area contributed by atoms with Gasteiger partial charge in [0, 0.05) is 18.2 Å². The van der Waals surface area contributed by atoms with Gasteiger partial charge in [-0.2, -0.15) is 0 Å². The van der Waals surface area contributed by atoms with Crippen LogP contribution >= 0.6 is 0 Å². The van der Waals surface area contributed by atoms with Crippen LogP contribution in [0.1, 0.15) is 19.4 Å². The number of hydrogen-bond donors (Lipinski definition) is 1. The van der Waals surface area contributed by atoms with Crippen LogP contribution in [-0.2, 0) is 6.42 Å². The summed E-state index contributed by atoms with van der Waals surface area (Å²) in [6, 6.07) is 10.3. The first kappa shape index (κ1) is 11.1. The summed E-state index contributed by atoms with van der Waals surface area (Å²) in [5, 5.41) is 10.4. The quantitative estimate of drug-likeness (QED) is 0.854. The molecule has 0 radical (unpaired) electrons. The summed E-state index contributed by atoms with van der Waals surface area (Å²) in [5.74, 6) is 0. The summed E-state index contributed by atoms with van der Waals surface area (Å²) < 4.78 is 0. The molecule has 0 aliphatic carbocycles. The molecule has 0 unspecified atom stereocenters. The Balaban J connectivity index is 2.33. The van der Waals surface area contributed by atoms with Crippen molar-refractivity contribution in [1.29, 1.82) is 0 Å². The largest absolute Gasteiger partial charge is 0.396 e. The second kappa shape index (κ2) is 4.22. The molecule has 0 atom stereocenters. The Bertz CT molecular complexity index is 491. The summed E-state index contributed by atoms with van der Waals surface area (Å²) in [6.45, 7) is 4.35. The van der Waals surface area contributed by atoms with E-state index in [9.17, 15) is 5.11 Å². The first-order valence-corrected chi connectivity index (χ1v) is 5.55. The van der Waals surface area contributed by atoms with Gasteiger partial charge in [0.2, 0.25) is 0 Å². The minimum Gasteiger partial charge on any atom is -0.396 e. The monoisotopic (exact) mass is 215 g/mol. The lowest BCUT2D eigenvalue weighted by Crippen LogP contribution is -2.19. The average molecular weight is 215 g/mol. The van der Waals surface area contributed by atoms with E-state index in [-0.39, 0.29) is 12.0 Å². The lowest BCUT2D eigenvalue weighted by atomic mass is 9.86. The number of benzene rings is 1. The fourth-order valence-electron chi connectivity index (χ4n) is 1.84. The molecule has 2 nitrogen and oxygen atoms in total. The predicted octanol–water partition coefficient (Wildman–Crippen LogP) is 2.80. The Morgan fingerprint density at radius 3 is 2.81 bits per heavy atom. The Hall–Kier alpha value is -1.41. The molecule has 1 heterocycles. The van der Waals surface area contributed by atoms with Crippen LogP contribution in [0.25, 0.3) is 10.9 Å². The third kappa shape index (κ3) is 2.39. The minimum absolute atomic E-state index is 0.0596. The number of aromatic nitrogens is 1. The molecule has 84 valence electrons. The van der Waals surface area contributed by atoms with Crippen molar-refractivity contribution < 1.29 is 5.11 Å². The van der Waals surface area contributed by atoms with E-state index in [0.29, 0.717) is 0 Å². The molecule has 0 saturated heterocycles. The highest BCUT2D eigenvalue weighted by molar-refractivity contribution is 5.78. The van der Waals surface area contributed by atoms with Gasteiger partial charge in [-0.15, -0.1) is 0 Å². The fourth-order valence-corrected chi connectivity index (χ4v) is 1.84. The van der Waals surface area contributed by atoms with E-state index in [4.69, 9.17) is 0 Å². The summed E-state index contributed by atoms with van der Waals surface area (Å²) in [6.07, 6.45) is 2.69. The molecule has 0 bridgehead atoms. The van der Waals surface area contributed by atoms with Crippen LogP contribution in [0.15, 0.2) is 36.5 Å². The number of hydrogen-bond acceptors (Lipinski definition) is 2. The smallest absolute Gasteiger partial charge is 0.0702 e. The maximum absolute atomic E-state index is 9.26. The van der Waals surface area contributed by atoms with Gasteiger partial charge in [0.05, 0.1) is 5.52 Å². The van der Waals surface area contributed by atoms with Crippen molar-refractivity contribution in [2.75, 3.05) is 6.61 Å². The van der Waals surface area contributed by atoms with Crippen molar-refractivity contribution in [1.82, 2.24) is 4.98 Å². The Labute approximate surface area is 96.0 Å². The zero-order chi connectivity index (χ0) is 11.6. The topological polar surface area (TPSA) is 33.1 Å². The van der Waals surface area contributed by atoms with E-state index in [0.717, 1.165) is 17.3 Å². The molecular weight excluding hydrogens is 198 g/mol. The number of pyridine rings is 1. The molecule has 0 saturated carbocycles. The first-order chi connectivity index (χ1) is 7.61. The van der Waals surface area contributed by atoms with Gasteiger partial charge in [-0.1, -0.05) is 26.0 Å². The normalized spacial score (nSPS) is 11.9. The number of fused-ring (bicyclic) bond motifs is 1. The van der Waals surface area contributed by atoms with Crippen LogP contribution in [0, 0.1) is 5.41 Å². The third-order valence-corrected chi connectivity index (χ3v) is 2.78. The first-order valence-electron chi connectivity index (χ1n) is 5.55. The van der Waals surface area contributed by atoms with Gasteiger partial charge in [0.25, 0.3) is 0 Å². The molecule has 2 rings (SSSR count). The van der Waals surface area contributed by atoms with Crippen LogP contribution < -0.4 is 0 Å². The second-order valence-electron chi connectivity index (χ2n) is 5.03. The van der Waals surface area contributed by atoms with Crippen molar-refractivity contribution in [2.45, 2.75) is 20.3 Å². The number of rotatable bonds is 3. The summed E-state index contributed by atoms with van der Waals surface area (Å²) in [5.41, 5.74) is 2.21. The number of aliphatic hydroxyl groups excluding tert-OH is 1. The Morgan fingerprint density at radius 1 is 1.25 bits per heavy atom. The van der Waals surface area contributed by atoms with Gasteiger partial charge < -0.3 is 5.11 Å². The molecule has 1 aromatic carbocycles. The van der Waals surface area contributed by atoms with Crippen molar-refractivity contribution in [2.24, 2.45) is 5.41 Å². The minimum atomic E-state index is -0.0596. The summed E-state index contributed by atoms with van der Waals surface area (Å²) >= 11 is 0. The van der Waals surface area contributed by atoms with E-state index in [2.05, 4.69) is 37.0 Å². The number of aliphatic hydroxyl groups is 1. The molecule has 0 fully saturated rings. The SMILES string of the molecule is CC(C)(CO)Cc1ccc2ncccc2c1. The zero-order valence-corrected chi connectivity index (χ0v) is 9.77. The summed E-state index contributed by atoms with van der Waals surface area (Å²) in [7, 11) is 0. The molecule has 2 heteroatoms. The number of nitrogens with zero attached hydrogens (tertiary/aromatic N) is 1. The van der Waals surface area contributed by atoms with E-state index in [1.54, 1.807) is 6.20 Å². The zero-order valence-electron chi connectivity index (χ0n) is 9.77. The van der Waals surface area contributed by atoms with Gasteiger partial charge >= 0.3 is 0 Å². The van der Waals surface area contributed by atoms with E-state index >= 15 is 0 Å². The third-order valence-electron chi connectivity index (χ3n) is 2.78. The van der Waals surface area contributed by atoms with Gasteiger partial charge in [-0.25, -0.2) is 0 Å². The predicted molar refractivity (Wildman–Crippen MR) is 66.3 cm³/mol. The van der Waals surface area contributed by atoms with Crippen LogP contribution in [0.3, 0.4) is 0 Å². The molecule has 16 heavy (non-hydrogen) atoms. The summed E-state index contributed by atoms with van der Waals surface area (Å²) in [4.78, 5) is 4.29. The van der Waals surface area contributed by atoms with Gasteiger partial charge in [-0.3, -0.25) is 4.98 Å². The standard InChI is InChI=1S/C14H17NO/c1-14(2,10-16)9-11-5-6-13-12(8-11)4-3-7-15-13/h3-8,16H,9-10H2,1-2H3. The molecule has 1 N–H and O–H groups in total. The van der Waals surface area contributed by atoms with Crippen molar-refractivity contribution >= 4 is 10.9 Å². The maximum atomic E-state index is 9.26. The van der Waals surface area contributed by atoms with Crippen LogP contribution in [0.5, 0.6) is 0 Å². The highest BCUT2D eigenvalue weighted by Gasteiger charge is 2.17. The molecule has 0 aliphatic rings. The molecule has 2 aromatic rings. The van der Waals surface area contributed by atoms with Crippen molar-refractivity contribution in [3.8, 4) is 0 Å². The second-order valence-corrected chi connectivity index (χ2v) is 5.03. The molecule has 1 aromatic heterocycles.